The summed E-state index contributed by atoms with van der Waals surface area (Å²) in [6, 6.07) is 0.710. The van der Waals surface area contributed by atoms with Crippen molar-refractivity contribution in [2.24, 2.45) is 0 Å². The van der Waals surface area contributed by atoms with Gasteiger partial charge in [0.15, 0.2) is 0 Å². The zero-order valence-electron chi connectivity index (χ0n) is 30.7. The number of nitrogens with one attached hydrogen (secondary N) is 3. The highest BCUT2D eigenvalue weighted by molar-refractivity contribution is 5.98. The van der Waals surface area contributed by atoms with E-state index in [2.05, 4.69) is 16.0 Å². The first-order valence-electron chi connectivity index (χ1n) is 19.0. The summed E-state index contributed by atoms with van der Waals surface area (Å²) < 4.78 is 5.68. The molecule has 0 aromatic heterocycles. The number of benzene rings is 1. The van der Waals surface area contributed by atoms with Crippen molar-refractivity contribution in [3.05, 3.63) is 42.0 Å². The number of esters is 1. The molecule has 5 rings (SSSR count). The molecule has 288 valence electrons. The summed E-state index contributed by atoms with van der Waals surface area (Å²) in [5.74, 6) is -3.87. The number of nitrogens with zero attached hydrogens (tertiary/aromatic N) is 3. The van der Waals surface area contributed by atoms with Crippen LogP contribution in [0.4, 0.5) is 5.69 Å². The van der Waals surface area contributed by atoms with Gasteiger partial charge in [0, 0.05) is 31.7 Å². The highest BCUT2D eigenvalue weighted by Crippen LogP contribution is 2.26. The third-order valence-corrected chi connectivity index (χ3v) is 10.5. The van der Waals surface area contributed by atoms with Crippen LogP contribution in [0.15, 0.2) is 36.4 Å². The van der Waals surface area contributed by atoms with E-state index in [0.29, 0.717) is 69.2 Å². The summed E-state index contributed by atoms with van der Waals surface area (Å²) in [6.45, 7) is 3.85. The summed E-state index contributed by atoms with van der Waals surface area (Å²) in [5, 5.41) is 8.24. The Labute approximate surface area is 310 Å². The molecule has 53 heavy (non-hydrogen) atoms. The van der Waals surface area contributed by atoms with Crippen LogP contribution in [-0.2, 0) is 44.7 Å². The van der Waals surface area contributed by atoms with Crippen molar-refractivity contribution in [3.8, 4) is 0 Å². The second kappa shape index (κ2) is 18.2. The SMILES string of the molecule is CCCC/C=C/C(=O)N[C@@H](Cc1cccc(N)c1)C(=O)N[C@H]1COC(=O)[C@H]2CCCN2C(=O)[C@H](C)NC(=O)[C@H]2CCCCN2C(=O)[C@H]2CCCN2C1=O. The first kappa shape index (κ1) is 39.3. The van der Waals surface area contributed by atoms with Gasteiger partial charge in [0.1, 0.15) is 42.9 Å². The summed E-state index contributed by atoms with van der Waals surface area (Å²) in [6.07, 6.45) is 9.23. The zero-order chi connectivity index (χ0) is 38.1. The van der Waals surface area contributed by atoms with E-state index in [-0.39, 0.29) is 25.4 Å². The number of amides is 6. The van der Waals surface area contributed by atoms with E-state index in [9.17, 15) is 33.6 Å². The number of ether oxygens (including phenoxy) is 1. The van der Waals surface area contributed by atoms with Gasteiger partial charge in [0.05, 0.1) is 0 Å². The monoisotopic (exact) mass is 735 g/mol. The number of allylic oxidation sites excluding steroid dienone is 1. The van der Waals surface area contributed by atoms with Crippen molar-refractivity contribution >= 4 is 47.1 Å². The normalized spacial score (nSPS) is 26.4. The quantitative estimate of drug-likeness (QED) is 0.123. The predicted octanol–water partition coefficient (Wildman–Crippen LogP) is 0.952. The molecule has 15 heteroatoms. The van der Waals surface area contributed by atoms with Crippen molar-refractivity contribution in [2.45, 2.75) is 121 Å². The molecule has 0 aliphatic carbocycles. The molecule has 0 spiro atoms. The molecule has 4 aliphatic heterocycles. The Bertz CT molecular complexity index is 1580. The minimum atomic E-state index is -1.42. The molecule has 4 aliphatic rings. The zero-order valence-corrected chi connectivity index (χ0v) is 30.7. The lowest BCUT2D eigenvalue weighted by molar-refractivity contribution is -0.158. The third kappa shape index (κ3) is 9.73. The van der Waals surface area contributed by atoms with Gasteiger partial charge in [0.25, 0.3) is 0 Å². The summed E-state index contributed by atoms with van der Waals surface area (Å²) >= 11 is 0. The maximum Gasteiger partial charge on any atom is 0.328 e. The van der Waals surface area contributed by atoms with E-state index in [4.69, 9.17) is 10.5 Å². The average Bonchev–Trinajstić information content (AvgIpc) is 3.84. The van der Waals surface area contributed by atoms with Crippen LogP contribution in [0.3, 0.4) is 0 Å². The fraction of sp³-hybridized carbons (Fsp3) is 0.605. The van der Waals surface area contributed by atoms with E-state index in [1.165, 1.54) is 20.8 Å². The van der Waals surface area contributed by atoms with Crippen LogP contribution < -0.4 is 21.7 Å². The Balaban J connectivity index is 1.45. The fourth-order valence-corrected chi connectivity index (χ4v) is 7.65. The van der Waals surface area contributed by atoms with E-state index in [0.717, 1.165) is 12.8 Å². The Morgan fingerprint density at radius 3 is 2.34 bits per heavy atom. The molecule has 4 saturated heterocycles. The number of rotatable bonds is 9. The molecule has 0 radical (unpaired) electrons. The Hall–Kier alpha value is -4.95. The van der Waals surface area contributed by atoms with Gasteiger partial charge in [0.2, 0.25) is 35.4 Å². The van der Waals surface area contributed by atoms with E-state index >= 15 is 0 Å². The number of hydrogen-bond donors (Lipinski definition) is 4. The lowest BCUT2D eigenvalue weighted by Gasteiger charge is -2.39. The molecule has 15 nitrogen and oxygen atoms in total. The number of fused-ring (bicyclic) bond motifs is 3. The summed E-state index contributed by atoms with van der Waals surface area (Å²) in [4.78, 5) is 101. The average molecular weight is 736 g/mol. The molecule has 0 saturated carbocycles. The number of unbranched alkanes of at least 4 members (excludes halogenated alkanes) is 2. The predicted molar refractivity (Wildman–Crippen MR) is 194 cm³/mol. The van der Waals surface area contributed by atoms with Crippen LogP contribution >= 0.6 is 0 Å². The number of anilines is 1. The molecular formula is C38H53N7O8. The molecule has 0 unspecified atom stereocenters. The number of nitrogens with two attached hydrogens (primary N) is 1. The lowest BCUT2D eigenvalue weighted by Crippen LogP contribution is -2.62. The van der Waals surface area contributed by atoms with Crippen LogP contribution in [-0.4, -0.2) is 119 Å². The maximum atomic E-state index is 14.4. The van der Waals surface area contributed by atoms with Crippen LogP contribution in [0.25, 0.3) is 0 Å². The highest BCUT2D eigenvalue weighted by Gasteiger charge is 2.45. The fourth-order valence-electron chi connectivity index (χ4n) is 7.65. The van der Waals surface area contributed by atoms with Crippen LogP contribution in [0.1, 0.15) is 83.6 Å². The van der Waals surface area contributed by atoms with E-state index in [1.54, 1.807) is 37.3 Å². The number of carbonyl (C=O) groups excluding carboxylic acids is 7. The number of carbonyl (C=O) groups is 7. The Morgan fingerprint density at radius 1 is 0.925 bits per heavy atom. The standard InChI is InChI=1S/C38H53N7O8/c1-3-4-5-6-17-32(46)41-27(22-25-12-9-13-26(39)21-25)33(47)42-28-23-53-38(52)31-16-11-20-45(31)35(49)24(2)40-34(48)29-14-7-8-18-43(29)37(51)30-15-10-19-44(30)36(28)50/h6,9,12-13,17,21,24,27-31H,3-5,7-8,10-11,14-16,18-20,22-23,39H2,1-2H3,(H,40,48)(H,41,46)(H,42,47)/b17-6+/t24-,27-,28-,29+,30+,31+/m0/s1. The van der Waals surface area contributed by atoms with E-state index < -0.39 is 78.4 Å². The smallest absolute Gasteiger partial charge is 0.328 e. The number of cyclic esters (lactones) is 1. The second-order valence-electron chi connectivity index (χ2n) is 14.4. The first-order valence-corrected chi connectivity index (χ1v) is 19.0. The van der Waals surface area contributed by atoms with E-state index in [1.807, 2.05) is 6.92 Å². The van der Waals surface area contributed by atoms with Crippen LogP contribution in [0.2, 0.25) is 0 Å². The molecule has 4 heterocycles. The van der Waals surface area contributed by atoms with Crippen LogP contribution in [0.5, 0.6) is 0 Å². The van der Waals surface area contributed by atoms with Crippen LogP contribution in [0, 0.1) is 0 Å². The molecule has 1 aromatic rings. The highest BCUT2D eigenvalue weighted by atomic mass is 16.5. The van der Waals surface area contributed by atoms with Gasteiger partial charge in [-0.3, -0.25) is 28.8 Å². The second-order valence-corrected chi connectivity index (χ2v) is 14.4. The number of piperidine rings is 1. The van der Waals surface area contributed by atoms with Gasteiger partial charge in [-0.15, -0.1) is 0 Å². The molecule has 6 atom stereocenters. The number of nitrogen functional groups attached to an aromatic ring is 1. The van der Waals surface area contributed by atoms with Crippen molar-refractivity contribution in [2.75, 3.05) is 32.0 Å². The minimum absolute atomic E-state index is 0.0483. The maximum absolute atomic E-state index is 14.4. The Kier molecular flexibility index (Phi) is 13.5. The molecule has 0 bridgehead atoms. The molecular weight excluding hydrogens is 682 g/mol. The van der Waals surface area contributed by atoms with Gasteiger partial charge in [-0.1, -0.05) is 38.0 Å². The van der Waals surface area contributed by atoms with Gasteiger partial charge in [-0.2, -0.15) is 0 Å². The van der Waals surface area contributed by atoms with Gasteiger partial charge in [-0.25, -0.2) is 4.79 Å². The minimum Gasteiger partial charge on any atom is -0.461 e. The van der Waals surface area contributed by atoms with Gasteiger partial charge >= 0.3 is 5.97 Å². The third-order valence-electron chi connectivity index (χ3n) is 10.5. The van der Waals surface area contributed by atoms with Gasteiger partial charge in [-0.05, 0) is 82.1 Å². The molecule has 1 aromatic carbocycles. The van der Waals surface area contributed by atoms with Crippen molar-refractivity contribution in [1.29, 1.82) is 0 Å². The Morgan fingerprint density at radius 2 is 1.60 bits per heavy atom. The lowest BCUT2D eigenvalue weighted by atomic mass is 9.99. The van der Waals surface area contributed by atoms with Gasteiger partial charge < -0.3 is 41.1 Å². The summed E-state index contributed by atoms with van der Waals surface area (Å²) in [5.41, 5.74) is 7.14. The molecule has 6 amide bonds. The first-order chi connectivity index (χ1) is 25.5. The number of hydrogen-bond acceptors (Lipinski definition) is 9. The molecule has 4 fully saturated rings. The molecule has 5 N–H and O–H groups in total. The summed E-state index contributed by atoms with van der Waals surface area (Å²) in [7, 11) is 0. The van der Waals surface area contributed by atoms with Crippen molar-refractivity contribution in [3.63, 3.8) is 0 Å². The topological polar surface area (TPSA) is 201 Å². The van der Waals surface area contributed by atoms with Crippen molar-refractivity contribution in [1.82, 2.24) is 30.7 Å². The largest absolute Gasteiger partial charge is 0.461 e. The van der Waals surface area contributed by atoms with Crippen molar-refractivity contribution < 1.29 is 38.3 Å².